The number of anilines is 1. The number of piperidine rings is 1. The number of benzene rings is 1. The lowest BCUT2D eigenvalue weighted by molar-refractivity contribution is -0.136. The Balaban J connectivity index is 1.54. The number of nitrogens with one attached hydrogen (secondary N) is 2. The summed E-state index contributed by atoms with van der Waals surface area (Å²) in [6.45, 7) is 1.35. The van der Waals surface area contributed by atoms with Crippen LogP contribution in [0.3, 0.4) is 0 Å². The van der Waals surface area contributed by atoms with Crippen molar-refractivity contribution in [2.24, 2.45) is 0 Å². The molecule has 0 spiro atoms. The number of amides is 4. The van der Waals surface area contributed by atoms with Gasteiger partial charge in [-0.05, 0) is 31.4 Å². The lowest BCUT2D eigenvalue weighted by atomic mass is 10.0. The average molecular weight is 386 g/mol. The monoisotopic (exact) mass is 386 g/mol. The van der Waals surface area contributed by atoms with Gasteiger partial charge in [-0.25, -0.2) is 4.39 Å². The number of piperazine rings is 1. The van der Waals surface area contributed by atoms with Gasteiger partial charge in [0, 0.05) is 31.6 Å². The van der Waals surface area contributed by atoms with Crippen molar-refractivity contribution in [2.75, 3.05) is 18.0 Å². The van der Waals surface area contributed by atoms with Gasteiger partial charge in [0.25, 0.3) is 11.8 Å². The lowest BCUT2D eigenvalue weighted by Crippen LogP contribution is -2.54. The van der Waals surface area contributed by atoms with E-state index in [4.69, 9.17) is 0 Å². The predicted octanol–water partition coefficient (Wildman–Crippen LogP) is 0.168. The van der Waals surface area contributed by atoms with Gasteiger partial charge in [0.1, 0.15) is 11.9 Å². The van der Waals surface area contributed by atoms with E-state index in [1.807, 2.05) is 4.90 Å². The molecule has 4 aliphatic rings. The van der Waals surface area contributed by atoms with E-state index in [2.05, 4.69) is 10.6 Å². The quantitative estimate of drug-likeness (QED) is 0.703. The number of hydrogen-bond acceptors (Lipinski definition) is 6. The van der Waals surface area contributed by atoms with Crippen molar-refractivity contribution < 1.29 is 23.6 Å². The Hall–Kier alpha value is -2.81. The third-order valence-electron chi connectivity index (χ3n) is 6.08. The summed E-state index contributed by atoms with van der Waals surface area (Å²) < 4.78 is 14.5. The smallest absolute Gasteiger partial charge is 0.265 e. The summed E-state index contributed by atoms with van der Waals surface area (Å²) in [4.78, 5) is 52.5. The van der Waals surface area contributed by atoms with Gasteiger partial charge in [0.2, 0.25) is 11.8 Å². The Labute approximate surface area is 160 Å². The van der Waals surface area contributed by atoms with Gasteiger partial charge in [-0.15, -0.1) is 0 Å². The Kier molecular flexibility index (Phi) is 3.77. The molecule has 2 N–H and O–H groups in total. The van der Waals surface area contributed by atoms with Crippen LogP contribution < -0.4 is 15.5 Å². The molecule has 28 heavy (non-hydrogen) atoms. The van der Waals surface area contributed by atoms with Gasteiger partial charge >= 0.3 is 0 Å². The van der Waals surface area contributed by atoms with Gasteiger partial charge in [0.15, 0.2) is 0 Å². The van der Waals surface area contributed by atoms with E-state index >= 15 is 0 Å². The van der Waals surface area contributed by atoms with Crippen LogP contribution in [0, 0.1) is 5.82 Å². The van der Waals surface area contributed by atoms with Crippen molar-refractivity contribution in [3.8, 4) is 0 Å². The summed E-state index contributed by atoms with van der Waals surface area (Å²) in [6, 6.07) is 2.25. The zero-order valence-electron chi connectivity index (χ0n) is 15.0. The Bertz CT molecular complexity index is 921. The maximum atomic E-state index is 14.5. The molecular weight excluding hydrogens is 367 g/mol. The van der Waals surface area contributed by atoms with Crippen LogP contribution in [0.2, 0.25) is 0 Å². The molecule has 146 valence electrons. The SMILES string of the molecule is O=C1CCC(N2C(=O)c3c(F)ccc(N4CC5CCC(C4)N5)c3C2=O)C(=O)N1. The molecule has 2 bridgehead atoms. The zero-order valence-corrected chi connectivity index (χ0v) is 15.0. The molecule has 0 saturated carbocycles. The molecule has 0 radical (unpaired) electrons. The molecule has 3 fully saturated rings. The second kappa shape index (κ2) is 6.10. The molecule has 4 heterocycles. The highest BCUT2D eigenvalue weighted by molar-refractivity contribution is 6.25. The number of hydrogen-bond donors (Lipinski definition) is 2. The molecular formula is C19H19FN4O4. The van der Waals surface area contributed by atoms with Crippen LogP contribution >= 0.6 is 0 Å². The topological polar surface area (TPSA) is 98.8 Å². The first-order valence-corrected chi connectivity index (χ1v) is 9.49. The number of rotatable bonds is 2. The zero-order chi connectivity index (χ0) is 19.6. The van der Waals surface area contributed by atoms with Crippen LogP contribution in [0.4, 0.5) is 10.1 Å². The molecule has 4 amide bonds. The van der Waals surface area contributed by atoms with Crippen LogP contribution in [0.1, 0.15) is 46.4 Å². The third kappa shape index (κ3) is 2.46. The van der Waals surface area contributed by atoms with Crippen LogP contribution in [0.15, 0.2) is 12.1 Å². The summed E-state index contributed by atoms with van der Waals surface area (Å²) in [5, 5.41) is 5.65. The largest absolute Gasteiger partial charge is 0.368 e. The van der Waals surface area contributed by atoms with Crippen molar-refractivity contribution in [2.45, 2.75) is 43.8 Å². The molecule has 4 aliphatic heterocycles. The number of halogens is 1. The minimum absolute atomic E-state index is 0.0241. The molecule has 9 heteroatoms. The van der Waals surface area contributed by atoms with Gasteiger partial charge in [-0.1, -0.05) is 0 Å². The summed E-state index contributed by atoms with van der Waals surface area (Å²) in [5.74, 6) is -3.40. The third-order valence-corrected chi connectivity index (χ3v) is 6.08. The number of imide groups is 2. The second-order valence-electron chi connectivity index (χ2n) is 7.81. The van der Waals surface area contributed by atoms with E-state index in [9.17, 15) is 23.6 Å². The lowest BCUT2D eigenvalue weighted by Gasteiger charge is -2.35. The molecule has 1 aromatic rings. The molecule has 3 saturated heterocycles. The van der Waals surface area contributed by atoms with Gasteiger partial charge in [0.05, 0.1) is 16.8 Å². The van der Waals surface area contributed by atoms with E-state index in [0.29, 0.717) is 30.9 Å². The number of carbonyl (C=O) groups is 4. The second-order valence-corrected chi connectivity index (χ2v) is 7.81. The highest BCUT2D eigenvalue weighted by Crippen LogP contribution is 2.37. The minimum atomic E-state index is -1.10. The first-order valence-electron chi connectivity index (χ1n) is 9.49. The first-order chi connectivity index (χ1) is 13.4. The predicted molar refractivity (Wildman–Crippen MR) is 95.2 cm³/mol. The summed E-state index contributed by atoms with van der Waals surface area (Å²) in [6.07, 6.45) is 2.16. The highest BCUT2D eigenvalue weighted by atomic mass is 19.1. The van der Waals surface area contributed by atoms with E-state index in [0.717, 1.165) is 17.7 Å². The number of fused-ring (bicyclic) bond motifs is 3. The molecule has 1 aromatic carbocycles. The van der Waals surface area contributed by atoms with Crippen molar-refractivity contribution in [3.05, 3.63) is 29.1 Å². The number of carbonyl (C=O) groups excluding carboxylic acids is 4. The van der Waals surface area contributed by atoms with Crippen molar-refractivity contribution >= 4 is 29.3 Å². The van der Waals surface area contributed by atoms with Crippen LogP contribution in [-0.2, 0) is 9.59 Å². The van der Waals surface area contributed by atoms with Crippen molar-refractivity contribution in [3.63, 3.8) is 0 Å². The van der Waals surface area contributed by atoms with E-state index < -0.39 is 35.5 Å². The molecule has 3 atom stereocenters. The normalized spacial score (nSPS) is 29.4. The van der Waals surface area contributed by atoms with Crippen molar-refractivity contribution in [1.82, 2.24) is 15.5 Å². The summed E-state index contributed by atoms with van der Waals surface area (Å²) >= 11 is 0. The van der Waals surface area contributed by atoms with Gasteiger partial charge in [-0.3, -0.25) is 29.4 Å². The van der Waals surface area contributed by atoms with Gasteiger partial charge in [-0.2, -0.15) is 0 Å². The van der Waals surface area contributed by atoms with Crippen molar-refractivity contribution in [1.29, 1.82) is 0 Å². The fourth-order valence-electron chi connectivity index (χ4n) is 4.79. The fraction of sp³-hybridized carbons (Fsp3) is 0.474. The first kappa shape index (κ1) is 17.3. The Morgan fingerprint density at radius 3 is 2.29 bits per heavy atom. The molecule has 0 aromatic heterocycles. The van der Waals surface area contributed by atoms with E-state index in [1.54, 1.807) is 0 Å². The summed E-state index contributed by atoms with van der Waals surface area (Å²) in [5.41, 5.74) is 0.275. The fourth-order valence-corrected chi connectivity index (χ4v) is 4.79. The standard InChI is InChI=1S/C19H19FN4O4/c20-11-3-4-12(23-7-9-1-2-10(8-23)21-9)16-15(11)18(27)24(19(16)28)13-5-6-14(25)22-17(13)26/h3-4,9-10,13,21H,1-2,5-8H2,(H,22,25,26). The van der Waals surface area contributed by atoms with Crippen LogP contribution in [-0.4, -0.2) is 59.7 Å². The molecule has 8 nitrogen and oxygen atoms in total. The average Bonchev–Trinajstić information content (AvgIpc) is 3.13. The summed E-state index contributed by atoms with van der Waals surface area (Å²) in [7, 11) is 0. The number of nitrogens with zero attached hydrogens (tertiary/aromatic N) is 2. The van der Waals surface area contributed by atoms with Crippen LogP contribution in [0.5, 0.6) is 0 Å². The molecule has 0 aliphatic carbocycles. The van der Waals surface area contributed by atoms with Gasteiger partial charge < -0.3 is 10.2 Å². The minimum Gasteiger partial charge on any atom is -0.368 e. The molecule has 5 rings (SSSR count). The van der Waals surface area contributed by atoms with E-state index in [1.165, 1.54) is 12.1 Å². The van der Waals surface area contributed by atoms with E-state index in [-0.39, 0.29) is 24.0 Å². The van der Waals surface area contributed by atoms with Crippen LogP contribution in [0.25, 0.3) is 0 Å². The highest BCUT2D eigenvalue weighted by Gasteiger charge is 2.48. The maximum Gasteiger partial charge on any atom is 0.265 e. The Morgan fingerprint density at radius 2 is 1.61 bits per heavy atom. The molecule has 3 unspecified atom stereocenters. The maximum absolute atomic E-state index is 14.5. The Morgan fingerprint density at radius 1 is 0.929 bits per heavy atom.